The van der Waals surface area contributed by atoms with Gasteiger partial charge in [-0.25, -0.2) is 0 Å². The maximum absolute atomic E-state index is 5.13. The van der Waals surface area contributed by atoms with Gasteiger partial charge in [-0.05, 0) is 12.0 Å². The normalized spacial score (nSPS) is 11.5. The number of benzene rings is 1. The molecule has 0 heterocycles. The molecule has 1 aromatic rings. The first kappa shape index (κ1) is 13.7. The van der Waals surface area contributed by atoms with Gasteiger partial charge in [-0.2, -0.15) is 4.89 Å². The number of ether oxygens (including phenoxy) is 1. The van der Waals surface area contributed by atoms with Crippen molar-refractivity contribution >= 4 is 5.57 Å². The van der Waals surface area contributed by atoms with Crippen molar-refractivity contribution in [2.45, 2.75) is 19.8 Å². The molecule has 0 spiro atoms. The van der Waals surface area contributed by atoms with Crippen LogP contribution in [-0.4, -0.2) is 20.3 Å². The van der Waals surface area contributed by atoms with Crippen LogP contribution in [0.5, 0.6) is 0 Å². The summed E-state index contributed by atoms with van der Waals surface area (Å²) in [4.78, 5) is 10.1. The fourth-order valence-corrected chi connectivity index (χ4v) is 1.34. The van der Waals surface area contributed by atoms with Gasteiger partial charge in [0.15, 0.2) is 0 Å². The molecule has 0 aliphatic heterocycles. The predicted molar refractivity (Wildman–Crippen MR) is 68.2 cm³/mol. The predicted octanol–water partition coefficient (Wildman–Crippen LogP) is 3.42. The van der Waals surface area contributed by atoms with Gasteiger partial charge in [0.25, 0.3) is 0 Å². The third-order valence-electron chi connectivity index (χ3n) is 2.28. The molecule has 3 nitrogen and oxygen atoms in total. The standard InChI is InChI=1S/C14H20O3/c1-3-4-10-16-17-12-14(11-15-2)13-8-6-5-7-9-13/h5-9,12H,3-4,10-11H2,1-2H3. The molecule has 0 aliphatic rings. The van der Waals surface area contributed by atoms with Crippen molar-refractivity contribution in [3.05, 3.63) is 42.2 Å². The van der Waals surface area contributed by atoms with E-state index < -0.39 is 0 Å². The van der Waals surface area contributed by atoms with Gasteiger partial charge in [0.1, 0.15) is 6.26 Å². The first-order valence-corrected chi connectivity index (χ1v) is 5.90. The van der Waals surface area contributed by atoms with Crippen LogP contribution in [0.15, 0.2) is 36.6 Å². The number of hydrogen-bond donors (Lipinski definition) is 0. The minimum absolute atomic E-state index is 0.501. The van der Waals surface area contributed by atoms with Crippen molar-refractivity contribution in [1.82, 2.24) is 0 Å². The van der Waals surface area contributed by atoms with Crippen LogP contribution < -0.4 is 0 Å². The van der Waals surface area contributed by atoms with Gasteiger partial charge in [0, 0.05) is 12.7 Å². The first-order chi connectivity index (χ1) is 8.38. The van der Waals surface area contributed by atoms with Crippen molar-refractivity contribution in [3.8, 4) is 0 Å². The summed E-state index contributed by atoms with van der Waals surface area (Å²) in [7, 11) is 1.66. The summed E-state index contributed by atoms with van der Waals surface area (Å²) in [5.41, 5.74) is 2.04. The summed E-state index contributed by atoms with van der Waals surface area (Å²) in [5.74, 6) is 0. The maximum atomic E-state index is 5.13. The lowest BCUT2D eigenvalue weighted by Gasteiger charge is -2.06. The first-order valence-electron chi connectivity index (χ1n) is 5.90. The van der Waals surface area contributed by atoms with E-state index in [0.717, 1.165) is 24.0 Å². The quantitative estimate of drug-likeness (QED) is 0.299. The SMILES string of the molecule is CCCCOOC=C(COC)c1ccccc1. The summed E-state index contributed by atoms with van der Waals surface area (Å²) in [5, 5.41) is 0. The molecule has 0 saturated heterocycles. The Morgan fingerprint density at radius 3 is 2.65 bits per heavy atom. The largest absolute Gasteiger partial charge is 0.380 e. The average molecular weight is 236 g/mol. The van der Waals surface area contributed by atoms with Crippen LogP contribution in [0.3, 0.4) is 0 Å². The molecule has 17 heavy (non-hydrogen) atoms. The van der Waals surface area contributed by atoms with Gasteiger partial charge < -0.3 is 9.62 Å². The van der Waals surface area contributed by atoms with Gasteiger partial charge in [-0.1, -0.05) is 43.7 Å². The zero-order valence-corrected chi connectivity index (χ0v) is 10.5. The lowest BCUT2D eigenvalue weighted by Crippen LogP contribution is -1.97. The molecule has 0 aliphatic carbocycles. The summed E-state index contributed by atoms with van der Waals surface area (Å²) < 4.78 is 5.13. The molecule has 0 N–H and O–H groups in total. The number of methoxy groups -OCH3 is 1. The van der Waals surface area contributed by atoms with Gasteiger partial charge in [0.05, 0.1) is 13.2 Å². The smallest absolute Gasteiger partial charge is 0.135 e. The Kier molecular flexibility index (Phi) is 7.11. The molecule has 0 fully saturated rings. The summed E-state index contributed by atoms with van der Waals surface area (Å²) in [6.45, 7) is 3.22. The Morgan fingerprint density at radius 1 is 1.24 bits per heavy atom. The lowest BCUT2D eigenvalue weighted by atomic mass is 10.1. The Balaban J connectivity index is 2.50. The van der Waals surface area contributed by atoms with Crippen LogP contribution in [0.2, 0.25) is 0 Å². The van der Waals surface area contributed by atoms with Crippen LogP contribution >= 0.6 is 0 Å². The molecule has 0 bridgehead atoms. The fraction of sp³-hybridized carbons (Fsp3) is 0.429. The highest BCUT2D eigenvalue weighted by Gasteiger charge is 2.01. The van der Waals surface area contributed by atoms with Gasteiger partial charge >= 0.3 is 0 Å². The molecular formula is C14H20O3. The molecular weight excluding hydrogens is 216 g/mol. The monoisotopic (exact) mass is 236 g/mol. The van der Waals surface area contributed by atoms with Crippen LogP contribution in [-0.2, 0) is 14.5 Å². The highest BCUT2D eigenvalue weighted by atomic mass is 17.2. The molecule has 0 saturated carbocycles. The van der Waals surface area contributed by atoms with E-state index in [1.165, 1.54) is 0 Å². The van der Waals surface area contributed by atoms with Gasteiger partial charge in [0.2, 0.25) is 0 Å². The Morgan fingerprint density at radius 2 is 2.00 bits per heavy atom. The van der Waals surface area contributed by atoms with Gasteiger partial charge in [-0.15, -0.1) is 0 Å². The van der Waals surface area contributed by atoms with Crippen molar-refractivity contribution < 1.29 is 14.5 Å². The Labute approximate surface area is 103 Å². The van der Waals surface area contributed by atoms with Gasteiger partial charge in [-0.3, -0.25) is 0 Å². The van der Waals surface area contributed by atoms with Crippen molar-refractivity contribution in [1.29, 1.82) is 0 Å². The van der Waals surface area contributed by atoms with E-state index in [-0.39, 0.29) is 0 Å². The molecule has 0 aromatic heterocycles. The van der Waals surface area contributed by atoms with E-state index in [2.05, 4.69) is 6.92 Å². The second-order valence-electron chi connectivity index (χ2n) is 3.71. The Hall–Kier alpha value is -1.32. The maximum Gasteiger partial charge on any atom is 0.135 e. The van der Waals surface area contributed by atoms with Crippen LogP contribution in [0.25, 0.3) is 5.57 Å². The van der Waals surface area contributed by atoms with E-state index in [0.29, 0.717) is 13.2 Å². The molecule has 3 heteroatoms. The number of rotatable bonds is 8. The summed E-state index contributed by atoms with van der Waals surface area (Å²) in [6, 6.07) is 9.97. The molecule has 0 amide bonds. The van der Waals surface area contributed by atoms with Crippen molar-refractivity contribution in [2.24, 2.45) is 0 Å². The van der Waals surface area contributed by atoms with E-state index >= 15 is 0 Å². The van der Waals surface area contributed by atoms with E-state index in [1.54, 1.807) is 13.4 Å². The van der Waals surface area contributed by atoms with Crippen molar-refractivity contribution in [3.63, 3.8) is 0 Å². The van der Waals surface area contributed by atoms with E-state index in [1.807, 2.05) is 30.3 Å². The Bertz CT molecular complexity index is 319. The molecule has 1 rings (SSSR count). The molecule has 1 aromatic carbocycles. The highest BCUT2D eigenvalue weighted by molar-refractivity contribution is 5.65. The summed E-state index contributed by atoms with van der Waals surface area (Å²) >= 11 is 0. The minimum Gasteiger partial charge on any atom is -0.380 e. The van der Waals surface area contributed by atoms with Crippen LogP contribution in [0.1, 0.15) is 25.3 Å². The number of hydrogen-bond acceptors (Lipinski definition) is 3. The minimum atomic E-state index is 0.501. The van der Waals surface area contributed by atoms with Crippen LogP contribution in [0, 0.1) is 0 Å². The zero-order chi connectivity index (χ0) is 12.3. The second kappa shape index (κ2) is 8.79. The third kappa shape index (κ3) is 5.52. The number of unbranched alkanes of at least 4 members (excludes halogenated alkanes) is 1. The molecule has 94 valence electrons. The fourth-order valence-electron chi connectivity index (χ4n) is 1.34. The summed E-state index contributed by atoms with van der Waals surface area (Å²) in [6.07, 6.45) is 3.70. The third-order valence-corrected chi connectivity index (χ3v) is 2.28. The molecule has 0 radical (unpaired) electrons. The van der Waals surface area contributed by atoms with Crippen molar-refractivity contribution in [2.75, 3.05) is 20.3 Å². The highest BCUT2D eigenvalue weighted by Crippen LogP contribution is 2.14. The molecule has 0 unspecified atom stereocenters. The topological polar surface area (TPSA) is 27.7 Å². The second-order valence-corrected chi connectivity index (χ2v) is 3.71. The molecule has 0 atom stereocenters. The lowest BCUT2D eigenvalue weighted by molar-refractivity contribution is -0.248. The van der Waals surface area contributed by atoms with E-state index in [4.69, 9.17) is 14.5 Å². The van der Waals surface area contributed by atoms with E-state index in [9.17, 15) is 0 Å². The zero-order valence-electron chi connectivity index (χ0n) is 10.5. The van der Waals surface area contributed by atoms with Crippen LogP contribution in [0.4, 0.5) is 0 Å². The average Bonchev–Trinajstić information content (AvgIpc) is 2.38.